The number of unbranched alkanes of at least 4 members (excludes halogenated alkanes) is 1. The number of hydrogen-bond donors (Lipinski definition) is 0. The Hall–Kier alpha value is -2.01. The number of aryl methyl sites for hydroxylation is 1. The van der Waals surface area contributed by atoms with Crippen molar-refractivity contribution in [3.63, 3.8) is 0 Å². The van der Waals surface area contributed by atoms with Gasteiger partial charge in [0.25, 0.3) is 0 Å². The molecule has 2 aromatic heterocycles. The number of furan rings is 1. The Kier molecular flexibility index (Phi) is 4.63. The first-order chi connectivity index (χ1) is 10.8. The van der Waals surface area contributed by atoms with Crippen LogP contribution in [-0.2, 0) is 0 Å². The second kappa shape index (κ2) is 6.83. The summed E-state index contributed by atoms with van der Waals surface area (Å²) < 4.78 is 7.54. The summed E-state index contributed by atoms with van der Waals surface area (Å²) >= 11 is 1.75. The zero-order valence-corrected chi connectivity index (χ0v) is 13.6. The van der Waals surface area contributed by atoms with Gasteiger partial charge in [-0.25, -0.2) is 0 Å². The maximum absolute atomic E-state index is 5.43. The molecule has 0 bridgehead atoms. The summed E-state index contributed by atoms with van der Waals surface area (Å²) in [7, 11) is 0. The molecular weight excluding hydrogens is 294 g/mol. The predicted molar refractivity (Wildman–Crippen MR) is 89.4 cm³/mol. The summed E-state index contributed by atoms with van der Waals surface area (Å²) in [5, 5.41) is 9.73. The van der Waals surface area contributed by atoms with E-state index in [-0.39, 0.29) is 0 Å². The summed E-state index contributed by atoms with van der Waals surface area (Å²) in [5.41, 5.74) is 2.06. The molecule has 0 unspecified atom stereocenters. The minimum atomic E-state index is 0.830. The second-order valence-electron chi connectivity index (χ2n) is 5.07. The van der Waals surface area contributed by atoms with Crippen LogP contribution in [0.2, 0.25) is 0 Å². The van der Waals surface area contributed by atoms with Crippen molar-refractivity contribution in [1.82, 2.24) is 14.8 Å². The molecule has 1 aromatic carbocycles. The van der Waals surface area contributed by atoms with Crippen LogP contribution in [0.5, 0.6) is 0 Å². The summed E-state index contributed by atoms with van der Waals surface area (Å²) in [5.74, 6) is 2.73. The molecule has 3 rings (SSSR count). The van der Waals surface area contributed by atoms with Gasteiger partial charge >= 0.3 is 0 Å². The van der Waals surface area contributed by atoms with E-state index < -0.39 is 0 Å². The number of hydrogen-bond acceptors (Lipinski definition) is 4. The number of para-hydroxylation sites is 1. The van der Waals surface area contributed by atoms with Crippen molar-refractivity contribution in [3.8, 4) is 17.1 Å². The van der Waals surface area contributed by atoms with Crippen LogP contribution in [0.15, 0.2) is 52.2 Å². The molecule has 0 aliphatic rings. The highest BCUT2D eigenvalue weighted by molar-refractivity contribution is 7.99. The van der Waals surface area contributed by atoms with Crippen LogP contribution in [0.3, 0.4) is 0 Å². The first-order valence-electron chi connectivity index (χ1n) is 7.49. The van der Waals surface area contributed by atoms with Gasteiger partial charge in [0.05, 0.1) is 11.8 Å². The molecular formula is C17H19N3OS. The Balaban J connectivity index is 2.05. The molecule has 0 aliphatic carbocycles. The molecule has 0 spiro atoms. The van der Waals surface area contributed by atoms with Gasteiger partial charge < -0.3 is 4.42 Å². The van der Waals surface area contributed by atoms with E-state index in [1.165, 1.54) is 12.8 Å². The fourth-order valence-corrected chi connectivity index (χ4v) is 3.31. The van der Waals surface area contributed by atoms with E-state index in [1.54, 1.807) is 18.0 Å². The molecule has 4 nitrogen and oxygen atoms in total. The zero-order chi connectivity index (χ0) is 15.4. The summed E-state index contributed by atoms with van der Waals surface area (Å²) in [6, 6.07) is 12.2. The largest absolute Gasteiger partial charge is 0.469 e. The first kappa shape index (κ1) is 14.9. The Morgan fingerprint density at radius 2 is 1.95 bits per heavy atom. The number of thioether (sulfide) groups is 1. The van der Waals surface area contributed by atoms with Crippen molar-refractivity contribution in [3.05, 3.63) is 48.4 Å². The quantitative estimate of drug-likeness (QED) is 0.487. The van der Waals surface area contributed by atoms with Crippen molar-refractivity contribution in [2.75, 3.05) is 5.75 Å². The van der Waals surface area contributed by atoms with Crippen molar-refractivity contribution >= 4 is 11.8 Å². The van der Waals surface area contributed by atoms with Crippen LogP contribution in [0.1, 0.15) is 25.5 Å². The molecule has 22 heavy (non-hydrogen) atoms. The second-order valence-corrected chi connectivity index (χ2v) is 6.13. The van der Waals surface area contributed by atoms with Crippen LogP contribution in [0, 0.1) is 6.92 Å². The van der Waals surface area contributed by atoms with Gasteiger partial charge in [0.1, 0.15) is 5.76 Å². The van der Waals surface area contributed by atoms with Crippen molar-refractivity contribution in [2.45, 2.75) is 31.8 Å². The third-order valence-corrected chi connectivity index (χ3v) is 4.49. The smallest absolute Gasteiger partial charge is 0.196 e. The third-order valence-electron chi connectivity index (χ3n) is 3.48. The van der Waals surface area contributed by atoms with Gasteiger partial charge in [-0.2, -0.15) is 0 Å². The van der Waals surface area contributed by atoms with E-state index in [0.29, 0.717) is 0 Å². The third kappa shape index (κ3) is 2.95. The lowest BCUT2D eigenvalue weighted by Crippen LogP contribution is -1.99. The van der Waals surface area contributed by atoms with Crippen LogP contribution >= 0.6 is 11.8 Å². The molecule has 0 amide bonds. The highest BCUT2D eigenvalue weighted by Crippen LogP contribution is 2.30. The van der Waals surface area contributed by atoms with Gasteiger partial charge in [-0.1, -0.05) is 43.3 Å². The van der Waals surface area contributed by atoms with Crippen molar-refractivity contribution in [1.29, 1.82) is 0 Å². The summed E-state index contributed by atoms with van der Waals surface area (Å²) in [4.78, 5) is 0. The monoisotopic (exact) mass is 313 g/mol. The van der Waals surface area contributed by atoms with E-state index in [2.05, 4.69) is 33.8 Å². The average molecular weight is 313 g/mol. The molecule has 0 radical (unpaired) electrons. The number of benzene rings is 1. The van der Waals surface area contributed by atoms with Gasteiger partial charge in [-0.3, -0.25) is 4.57 Å². The first-order valence-corrected chi connectivity index (χ1v) is 8.48. The van der Waals surface area contributed by atoms with Crippen LogP contribution in [0.4, 0.5) is 0 Å². The van der Waals surface area contributed by atoms with Gasteiger partial charge in [0, 0.05) is 11.4 Å². The number of aromatic nitrogens is 3. The SMILES string of the molecule is CCCCSc1nnc(-c2ccoc2C)n1-c1ccccc1. The van der Waals surface area contributed by atoms with Gasteiger partial charge in [-0.05, 0) is 31.5 Å². The van der Waals surface area contributed by atoms with E-state index in [4.69, 9.17) is 4.42 Å². The standard InChI is InChI=1S/C17H19N3OS/c1-3-4-12-22-17-19-18-16(15-10-11-21-13(15)2)20(17)14-8-6-5-7-9-14/h5-11H,3-4,12H2,1-2H3. The van der Waals surface area contributed by atoms with Crippen LogP contribution in [-0.4, -0.2) is 20.5 Å². The summed E-state index contributed by atoms with van der Waals surface area (Å²) in [6.07, 6.45) is 4.05. The van der Waals surface area contributed by atoms with Gasteiger partial charge in [0.2, 0.25) is 0 Å². The van der Waals surface area contributed by atoms with E-state index in [0.717, 1.165) is 33.7 Å². The van der Waals surface area contributed by atoms with Crippen LogP contribution < -0.4 is 0 Å². The Morgan fingerprint density at radius 3 is 2.64 bits per heavy atom. The predicted octanol–water partition coefficient (Wildman–Crippen LogP) is 4.73. The maximum atomic E-state index is 5.43. The summed E-state index contributed by atoms with van der Waals surface area (Å²) in [6.45, 7) is 4.14. The van der Waals surface area contributed by atoms with Gasteiger partial charge in [0.15, 0.2) is 11.0 Å². The molecule has 5 heteroatoms. The normalized spacial score (nSPS) is 11.0. The lowest BCUT2D eigenvalue weighted by molar-refractivity contribution is 0.535. The molecule has 0 aliphatic heterocycles. The average Bonchev–Trinajstić information content (AvgIpc) is 3.14. The van der Waals surface area contributed by atoms with E-state index in [1.807, 2.05) is 31.2 Å². The molecule has 2 heterocycles. The molecule has 3 aromatic rings. The Morgan fingerprint density at radius 1 is 1.14 bits per heavy atom. The lowest BCUT2D eigenvalue weighted by Gasteiger charge is -2.09. The molecule has 0 N–H and O–H groups in total. The number of rotatable bonds is 6. The van der Waals surface area contributed by atoms with Crippen molar-refractivity contribution < 1.29 is 4.42 Å². The highest BCUT2D eigenvalue weighted by Gasteiger charge is 2.18. The zero-order valence-electron chi connectivity index (χ0n) is 12.8. The molecule has 114 valence electrons. The van der Waals surface area contributed by atoms with E-state index >= 15 is 0 Å². The molecule has 0 fully saturated rings. The topological polar surface area (TPSA) is 43.9 Å². The maximum Gasteiger partial charge on any atom is 0.196 e. The molecule has 0 atom stereocenters. The fraction of sp³-hybridized carbons (Fsp3) is 0.294. The van der Waals surface area contributed by atoms with Crippen LogP contribution in [0.25, 0.3) is 17.1 Å². The Bertz CT molecular complexity index is 733. The fourth-order valence-electron chi connectivity index (χ4n) is 2.27. The number of nitrogens with zero attached hydrogens (tertiary/aromatic N) is 3. The Labute approximate surface area is 134 Å². The van der Waals surface area contributed by atoms with Gasteiger partial charge in [-0.15, -0.1) is 10.2 Å². The lowest BCUT2D eigenvalue weighted by atomic mass is 10.2. The van der Waals surface area contributed by atoms with E-state index in [9.17, 15) is 0 Å². The molecule has 0 saturated heterocycles. The minimum Gasteiger partial charge on any atom is -0.469 e. The highest BCUT2D eigenvalue weighted by atomic mass is 32.2. The molecule has 0 saturated carbocycles. The minimum absolute atomic E-state index is 0.830. The van der Waals surface area contributed by atoms with Crippen molar-refractivity contribution in [2.24, 2.45) is 0 Å².